The van der Waals surface area contributed by atoms with E-state index in [1.807, 2.05) is 65.2 Å². The Kier molecular flexibility index (Phi) is 4.29. The molecule has 1 aromatic heterocycles. The maximum absolute atomic E-state index is 14.9. The number of nitrogens with zero attached hydrogens (tertiary/aromatic N) is 1. The third-order valence-corrected chi connectivity index (χ3v) is 5.98. The number of benzene rings is 4. The first-order valence-corrected chi connectivity index (χ1v) is 10.0. The van der Waals surface area contributed by atoms with E-state index in [1.54, 1.807) is 24.3 Å². The number of fused-ring (bicyclic) bond motifs is 3. The van der Waals surface area contributed by atoms with Gasteiger partial charge in [0, 0.05) is 21.9 Å². The molecule has 0 saturated carbocycles. The van der Waals surface area contributed by atoms with E-state index in [0.717, 1.165) is 22.0 Å². The third kappa shape index (κ3) is 2.79. The maximum Gasteiger partial charge on any atom is 0.194 e. The molecule has 5 rings (SSSR count). The standard InChI is InChI=1S/C25H15BrFNO/c26-23-19(25(29)16-8-2-1-3-9-16)12-7-15-22(23)28-21-14-5-4-10-17(21)18-11-6-13-20(27)24(18)28/h1-15H. The van der Waals surface area contributed by atoms with Crippen LogP contribution in [0.4, 0.5) is 4.39 Å². The molecule has 0 aliphatic rings. The van der Waals surface area contributed by atoms with Crippen LogP contribution in [0.25, 0.3) is 27.5 Å². The minimum Gasteiger partial charge on any atom is -0.305 e. The van der Waals surface area contributed by atoms with Crippen molar-refractivity contribution in [2.45, 2.75) is 0 Å². The lowest BCUT2D eigenvalue weighted by molar-refractivity contribution is 0.103. The van der Waals surface area contributed by atoms with Gasteiger partial charge in [0.15, 0.2) is 5.78 Å². The Balaban J connectivity index is 1.82. The maximum atomic E-state index is 14.9. The van der Waals surface area contributed by atoms with Crippen LogP contribution in [0.3, 0.4) is 0 Å². The van der Waals surface area contributed by atoms with Crippen LogP contribution in [0.2, 0.25) is 0 Å². The van der Waals surface area contributed by atoms with Crippen molar-refractivity contribution < 1.29 is 9.18 Å². The van der Waals surface area contributed by atoms with Gasteiger partial charge in [0.2, 0.25) is 0 Å². The molecule has 0 saturated heterocycles. The van der Waals surface area contributed by atoms with E-state index >= 15 is 0 Å². The summed E-state index contributed by atoms with van der Waals surface area (Å²) < 4.78 is 17.4. The normalized spacial score (nSPS) is 11.2. The monoisotopic (exact) mass is 443 g/mol. The molecule has 0 atom stereocenters. The Morgan fingerprint density at radius 1 is 0.759 bits per heavy atom. The summed E-state index contributed by atoms with van der Waals surface area (Å²) in [6.07, 6.45) is 0. The van der Waals surface area contributed by atoms with Crippen LogP contribution in [0.15, 0.2) is 95.5 Å². The van der Waals surface area contributed by atoms with Crippen LogP contribution in [-0.4, -0.2) is 10.4 Å². The number of para-hydroxylation sites is 2. The summed E-state index contributed by atoms with van der Waals surface area (Å²) in [5.41, 5.74) is 3.26. The Bertz CT molecular complexity index is 1390. The second-order valence-electron chi connectivity index (χ2n) is 6.82. The molecule has 5 aromatic rings. The minimum atomic E-state index is -0.301. The van der Waals surface area contributed by atoms with Crippen molar-refractivity contribution in [2.75, 3.05) is 0 Å². The summed E-state index contributed by atoms with van der Waals surface area (Å²) in [5.74, 6) is -0.383. The van der Waals surface area contributed by atoms with Gasteiger partial charge in [-0.15, -0.1) is 0 Å². The fraction of sp³-hybridized carbons (Fsp3) is 0. The van der Waals surface area contributed by atoms with Crippen molar-refractivity contribution >= 4 is 43.5 Å². The summed E-state index contributed by atoms with van der Waals surface area (Å²) in [4.78, 5) is 13.1. The van der Waals surface area contributed by atoms with Crippen LogP contribution < -0.4 is 0 Å². The summed E-state index contributed by atoms with van der Waals surface area (Å²) >= 11 is 3.63. The molecule has 2 nitrogen and oxygen atoms in total. The lowest BCUT2D eigenvalue weighted by atomic mass is 10.0. The zero-order valence-corrected chi connectivity index (χ0v) is 16.9. The van der Waals surface area contributed by atoms with Crippen LogP contribution in [0.1, 0.15) is 15.9 Å². The van der Waals surface area contributed by atoms with Gasteiger partial charge in [-0.05, 0) is 40.2 Å². The third-order valence-electron chi connectivity index (χ3n) is 5.15. The highest BCUT2D eigenvalue weighted by atomic mass is 79.9. The van der Waals surface area contributed by atoms with Crippen LogP contribution >= 0.6 is 15.9 Å². The molecule has 0 unspecified atom stereocenters. The fourth-order valence-electron chi connectivity index (χ4n) is 3.84. The quantitative estimate of drug-likeness (QED) is 0.277. The van der Waals surface area contributed by atoms with Gasteiger partial charge in [-0.1, -0.05) is 66.7 Å². The molecule has 0 spiro atoms. The van der Waals surface area contributed by atoms with E-state index < -0.39 is 0 Å². The molecule has 0 bridgehead atoms. The van der Waals surface area contributed by atoms with E-state index in [2.05, 4.69) is 15.9 Å². The number of carbonyl (C=O) groups is 1. The molecular formula is C25H15BrFNO. The Hall–Kier alpha value is -3.24. The van der Waals surface area contributed by atoms with Crippen LogP contribution in [-0.2, 0) is 0 Å². The van der Waals surface area contributed by atoms with Crippen LogP contribution in [0, 0.1) is 5.82 Å². The van der Waals surface area contributed by atoms with E-state index in [4.69, 9.17) is 0 Å². The van der Waals surface area contributed by atoms with Crippen molar-refractivity contribution in [3.05, 3.63) is 112 Å². The highest BCUT2D eigenvalue weighted by Gasteiger charge is 2.20. The number of hydrogen-bond donors (Lipinski definition) is 0. The predicted molar refractivity (Wildman–Crippen MR) is 118 cm³/mol. The minimum absolute atomic E-state index is 0.0828. The predicted octanol–water partition coefficient (Wildman–Crippen LogP) is 6.92. The highest BCUT2D eigenvalue weighted by molar-refractivity contribution is 9.10. The molecule has 0 radical (unpaired) electrons. The molecule has 0 N–H and O–H groups in total. The second-order valence-corrected chi connectivity index (χ2v) is 7.62. The summed E-state index contributed by atoms with van der Waals surface area (Å²) in [7, 11) is 0. The molecule has 0 aliphatic heterocycles. The van der Waals surface area contributed by atoms with Gasteiger partial charge >= 0.3 is 0 Å². The summed E-state index contributed by atoms with van der Waals surface area (Å²) in [6.45, 7) is 0. The molecule has 0 fully saturated rings. The lowest BCUT2D eigenvalue weighted by Crippen LogP contribution is -2.05. The SMILES string of the molecule is O=C(c1ccccc1)c1cccc(-n2c3ccccc3c3cccc(F)c32)c1Br. The average molecular weight is 444 g/mol. The number of aromatic nitrogens is 1. The Labute approximate surface area is 175 Å². The number of ketones is 1. The van der Waals surface area contributed by atoms with Crippen molar-refractivity contribution in [3.63, 3.8) is 0 Å². The van der Waals surface area contributed by atoms with Crippen molar-refractivity contribution in [1.82, 2.24) is 4.57 Å². The van der Waals surface area contributed by atoms with Crippen LogP contribution in [0.5, 0.6) is 0 Å². The molecular weight excluding hydrogens is 429 g/mol. The molecule has 0 amide bonds. The van der Waals surface area contributed by atoms with Gasteiger partial charge in [0.1, 0.15) is 5.82 Å². The highest BCUT2D eigenvalue weighted by Crippen LogP contribution is 2.37. The smallest absolute Gasteiger partial charge is 0.194 e. The van der Waals surface area contributed by atoms with Gasteiger partial charge in [0.05, 0.1) is 21.2 Å². The zero-order valence-electron chi connectivity index (χ0n) is 15.3. The van der Waals surface area contributed by atoms with Crippen molar-refractivity contribution in [3.8, 4) is 5.69 Å². The molecule has 29 heavy (non-hydrogen) atoms. The largest absolute Gasteiger partial charge is 0.305 e. The number of rotatable bonds is 3. The zero-order chi connectivity index (χ0) is 20.0. The Morgan fingerprint density at radius 3 is 2.28 bits per heavy atom. The lowest BCUT2D eigenvalue weighted by Gasteiger charge is -2.13. The fourth-order valence-corrected chi connectivity index (χ4v) is 4.46. The number of halogens is 2. The molecule has 140 valence electrons. The van der Waals surface area contributed by atoms with Crippen molar-refractivity contribution in [2.24, 2.45) is 0 Å². The number of carbonyl (C=O) groups excluding carboxylic acids is 1. The Morgan fingerprint density at radius 2 is 1.45 bits per heavy atom. The second kappa shape index (κ2) is 6.98. The van der Waals surface area contributed by atoms with Gasteiger partial charge in [0.25, 0.3) is 0 Å². The average Bonchev–Trinajstić information content (AvgIpc) is 3.10. The summed E-state index contributed by atoms with van der Waals surface area (Å²) in [6, 6.07) is 27.6. The van der Waals surface area contributed by atoms with Gasteiger partial charge < -0.3 is 4.57 Å². The van der Waals surface area contributed by atoms with E-state index in [1.165, 1.54) is 6.07 Å². The molecule has 4 heteroatoms. The van der Waals surface area contributed by atoms with Gasteiger partial charge in [-0.25, -0.2) is 4.39 Å². The van der Waals surface area contributed by atoms with E-state index in [9.17, 15) is 9.18 Å². The van der Waals surface area contributed by atoms with Gasteiger partial charge in [-0.2, -0.15) is 0 Å². The van der Waals surface area contributed by atoms with Gasteiger partial charge in [-0.3, -0.25) is 4.79 Å². The first-order chi connectivity index (χ1) is 14.2. The first kappa shape index (κ1) is 17.8. The molecule has 0 aliphatic carbocycles. The molecule has 4 aromatic carbocycles. The van der Waals surface area contributed by atoms with E-state index in [0.29, 0.717) is 21.1 Å². The number of hydrogen-bond acceptors (Lipinski definition) is 1. The van der Waals surface area contributed by atoms with E-state index in [-0.39, 0.29) is 11.6 Å². The topological polar surface area (TPSA) is 22.0 Å². The first-order valence-electron chi connectivity index (χ1n) is 9.23. The summed E-state index contributed by atoms with van der Waals surface area (Å²) in [5, 5.41) is 1.81. The molecule has 1 heterocycles. The van der Waals surface area contributed by atoms with Crippen molar-refractivity contribution in [1.29, 1.82) is 0 Å².